The summed E-state index contributed by atoms with van der Waals surface area (Å²) in [4.78, 5) is 26.4. The zero-order chi connectivity index (χ0) is 13.1. The topological polar surface area (TPSA) is 82.9 Å². The number of pyridine rings is 1. The Morgan fingerprint density at radius 2 is 2.28 bits per heavy atom. The number of nitrogens with one attached hydrogen (secondary N) is 1. The highest BCUT2D eigenvalue weighted by Gasteiger charge is 2.13. The van der Waals surface area contributed by atoms with Crippen molar-refractivity contribution >= 4 is 16.9 Å². The van der Waals surface area contributed by atoms with E-state index >= 15 is 0 Å². The molecule has 1 heterocycles. The molecule has 5 heteroatoms. The summed E-state index contributed by atoms with van der Waals surface area (Å²) < 4.78 is 4.79. The third-order valence-electron chi connectivity index (χ3n) is 2.51. The van der Waals surface area contributed by atoms with Crippen LogP contribution in [-0.2, 0) is 4.74 Å². The number of aromatic amines is 1. The Bertz CT molecular complexity index is 710. The fourth-order valence-electron chi connectivity index (χ4n) is 1.65. The molecule has 0 saturated carbocycles. The maximum Gasteiger partial charge on any atom is 0.343 e. The summed E-state index contributed by atoms with van der Waals surface area (Å²) in [6, 6.07) is 6.60. The fourth-order valence-corrected chi connectivity index (χ4v) is 1.65. The Balaban J connectivity index is 2.63. The van der Waals surface area contributed by atoms with Crippen LogP contribution >= 0.6 is 0 Å². The smallest absolute Gasteiger partial charge is 0.343 e. The molecule has 0 radical (unpaired) electrons. The lowest BCUT2D eigenvalue weighted by molar-refractivity contribution is 0.0524. The van der Waals surface area contributed by atoms with Crippen LogP contribution in [0.5, 0.6) is 0 Å². The number of H-pyrrole nitrogens is 1. The summed E-state index contributed by atoms with van der Waals surface area (Å²) >= 11 is 0. The fraction of sp³-hybridized carbons (Fsp3) is 0.154. The summed E-state index contributed by atoms with van der Waals surface area (Å²) in [6.45, 7) is 1.88. The third-order valence-corrected chi connectivity index (χ3v) is 2.51. The number of esters is 1. The molecular formula is C13H10N2O3. The number of fused-ring (bicyclic) bond motifs is 1. The lowest BCUT2D eigenvalue weighted by atomic mass is 10.1. The summed E-state index contributed by atoms with van der Waals surface area (Å²) in [5, 5.41) is 9.12. The maximum atomic E-state index is 12.0. The van der Waals surface area contributed by atoms with Gasteiger partial charge in [-0.05, 0) is 25.1 Å². The molecule has 5 nitrogen and oxygen atoms in total. The van der Waals surface area contributed by atoms with Crippen molar-refractivity contribution < 1.29 is 9.53 Å². The SMILES string of the molecule is CCOC(=O)c1c[nH]c2cc(C#N)ccc2c1=O. The molecule has 1 aromatic heterocycles. The Labute approximate surface area is 103 Å². The van der Waals surface area contributed by atoms with E-state index in [-0.39, 0.29) is 12.2 Å². The van der Waals surface area contributed by atoms with Crippen LogP contribution in [-0.4, -0.2) is 17.6 Å². The van der Waals surface area contributed by atoms with Gasteiger partial charge in [-0.3, -0.25) is 4.79 Å². The number of nitriles is 1. The van der Waals surface area contributed by atoms with Crippen LogP contribution in [0, 0.1) is 11.3 Å². The van der Waals surface area contributed by atoms with Crippen molar-refractivity contribution in [1.29, 1.82) is 5.26 Å². The molecule has 0 amide bonds. The van der Waals surface area contributed by atoms with Gasteiger partial charge in [0.2, 0.25) is 5.43 Å². The predicted molar refractivity (Wildman–Crippen MR) is 65.2 cm³/mol. The van der Waals surface area contributed by atoms with Gasteiger partial charge in [0, 0.05) is 11.6 Å². The Kier molecular flexibility index (Phi) is 3.11. The van der Waals surface area contributed by atoms with Crippen LogP contribution in [0.3, 0.4) is 0 Å². The number of ether oxygens (including phenoxy) is 1. The van der Waals surface area contributed by atoms with E-state index in [0.717, 1.165) is 0 Å². The lowest BCUT2D eigenvalue weighted by Crippen LogP contribution is -2.18. The molecule has 0 atom stereocenters. The van der Waals surface area contributed by atoms with Crippen LogP contribution in [0.25, 0.3) is 10.9 Å². The van der Waals surface area contributed by atoms with Crippen LogP contribution in [0.1, 0.15) is 22.8 Å². The van der Waals surface area contributed by atoms with Gasteiger partial charge in [0.25, 0.3) is 0 Å². The number of nitrogens with zero attached hydrogens (tertiary/aromatic N) is 1. The molecule has 0 bridgehead atoms. The lowest BCUT2D eigenvalue weighted by Gasteiger charge is -2.03. The highest BCUT2D eigenvalue weighted by molar-refractivity contribution is 5.93. The summed E-state index contributed by atoms with van der Waals surface area (Å²) in [5.74, 6) is -0.648. The van der Waals surface area contributed by atoms with Gasteiger partial charge < -0.3 is 9.72 Å². The summed E-state index contributed by atoms with van der Waals surface area (Å²) in [7, 11) is 0. The van der Waals surface area contributed by atoms with E-state index in [9.17, 15) is 9.59 Å². The molecule has 90 valence electrons. The second-order valence-corrected chi connectivity index (χ2v) is 3.62. The number of carbonyl (C=O) groups is 1. The van der Waals surface area contributed by atoms with Crippen molar-refractivity contribution in [3.05, 3.63) is 45.7 Å². The average molecular weight is 242 g/mol. The molecule has 0 aliphatic heterocycles. The summed E-state index contributed by atoms with van der Waals surface area (Å²) in [6.07, 6.45) is 1.31. The van der Waals surface area contributed by atoms with Gasteiger partial charge in [-0.2, -0.15) is 5.26 Å². The van der Waals surface area contributed by atoms with Crippen molar-refractivity contribution in [2.75, 3.05) is 6.61 Å². The van der Waals surface area contributed by atoms with E-state index in [1.807, 2.05) is 6.07 Å². The van der Waals surface area contributed by atoms with Crippen LogP contribution in [0.4, 0.5) is 0 Å². The highest BCUT2D eigenvalue weighted by Crippen LogP contribution is 2.11. The first-order valence-corrected chi connectivity index (χ1v) is 5.40. The van der Waals surface area contributed by atoms with E-state index in [0.29, 0.717) is 16.5 Å². The molecule has 1 N–H and O–H groups in total. The van der Waals surface area contributed by atoms with Crippen molar-refractivity contribution in [3.63, 3.8) is 0 Å². The second-order valence-electron chi connectivity index (χ2n) is 3.62. The zero-order valence-electron chi connectivity index (χ0n) is 9.69. The van der Waals surface area contributed by atoms with Gasteiger partial charge >= 0.3 is 5.97 Å². The third kappa shape index (κ3) is 1.96. The maximum absolute atomic E-state index is 12.0. The monoisotopic (exact) mass is 242 g/mol. The second kappa shape index (κ2) is 4.72. The Hall–Kier alpha value is -2.61. The van der Waals surface area contributed by atoms with E-state index in [1.54, 1.807) is 13.0 Å². The molecule has 0 aliphatic rings. The molecular weight excluding hydrogens is 232 g/mol. The first-order valence-electron chi connectivity index (χ1n) is 5.40. The van der Waals surface area contributed by atoms with Crippen molar-refractivity contribution in [2.45, 2.75) is 6.92 Å². The number of hydrogen-bond acceptors (Lipinski definition) is 4. The number of rotatable bonds is 2. The normalized spacial score (nSPS) is 10.0. The van der Waals surface area contributed by atoms with Gasteiger partial charge in [0.15, 0.2) is 0 Å². The molecule has 0 unspecified atom stereocenters. The minimum absolute atomic E-state index is 0.0333. The van der Waals surface area contributed by atoms with Crippen LogP contribution < -0.4 is 5.43 Å². The first-order chi connectivity index (χ1) is 8.67. The van der Waals surface area contributed by atoms with E-state index < -0.39 is 11.4 Å². The van der Waals surface area contributed by atoms with Gasteiger partial charge in [-0.15, -0.1) is 0 Å². The van der Waals surface area contributed by atoms with Gasteiger partial charge in [-0.1, -0.05) is 0 Å². The molecule has 0 spiro atoms. The largest absolute Gasteiger partial charge is 0.462 e. The molecule has 0 aliphatic carbocycles. The highest BCUT2D eigenvalue weighted by atomic mass is 16.5. The van der Waals surface area contributed by atoms with E-state index in [4.69, 9.17) is 10.00 Å². The minimum atomic E-state index is -0.648. The molecule has 0 saturated heterocycles. The molecule has 2 rings (SSSR count). The quantitative estimate of drug-likeness (QED) is 0.810. The van der Waals surface area contributed by atoms with E-state index in [2.05, 4.69) is 4.98 Å². The number of benzene rings is 1. The molecule has 0 fully saturated rings. The first kappa shape index (κ1) is 11.9. The Morgan fingerprint density at radius 3 is 2.94 bits per heavy atom. The van der Waals surface area contributed by atoms with Gasteiger partial charge in [0.1, 0.15) is 5.56 Å². The number of hydrogen-bond donors (Lipinski definition) is 1. The molecule has 2 aromatic rings. The van der Waals surface area contributed by atoms with Crippen molar-refractivity contribution in [2.24, 2.45) is 0 Å². The number of aromatic nitrogens is 1. The number of carbonyl (C=O) groups excluding carboxylic acids is 1. The van der Waals surface area contributed by atoms with Gasteiger partial charge in [-0.25, -0.2) is 4.79 Å². The van der Waals surface area contributed by atoms with Crippen molar-refractivity contribution in [1.82, 2.24) is 4.98 Å². The standard InChI is InChI=1S/C13H10N2O3/c1-2-18-13(17)10-7-15-11-5-8(6-14)3-4-9(11)12(10)16/h3-5,7H,2H2,1H3,(H,15,16). The van der Waals surface area contributed by atoms with Crippen molar-refractivity contribution in [3.8, 4) is 6.07 Å². The minimum Gasteiger partial charge on any atom is -0.462 e. The predicted octanol–water partition coefficient (Wildman–Crippen LogP) is 1.58. The zero-order valence-corrected chi connectivity index (χ0v) is 9.69. The Morgan fingerprint density at radius 1 is 1.50 bits per heavy atom. The average Bonchev–Trinajstić information content (AvgIpc) is 2.38. The van der Waals surface area contributed by atoms with Gasteiger partial charge in [0.05, 0.1) is 23.8 Å². The summed E-state index contributed by atoms with van der Waals surface area (Å²) in [5.41, 5.74) is 0.537. The van der Waals surface area contributed by atoms with E-state index in [1.165, 1.54) is 18.3 Å². The van der Waals surface area contributed by atoms with Crippen LogP contribution in [0.15, 0.2) is 29.2 Å². The molecule has 1 aromatic carbocycles. The van der Waals surface area contributed by atoms with Crippen LogP contribution in [0.2, 0.25) is 0 Å². The molecule has 18 heavy (non-hydrogen) atoms.